The Kier molecular flexibility index (Phi) is 5.57. The smallest absolute Gasteiger partial charge is 0.0945 e. The minimum atomic E-state index is 0.235. The first-order chi connectivity index (χ1) is 10.1. The van der Waals surface area contributed by atoms with Crippen LogP contribution in [0.15, 0.2) is 43.0 Å². The van der Waals surface area contributed by atoms with Crippen molar-refractivity contribution in [2.24, 2.45) is 0 Å². The van der Waals surface area contributed by atoms with Crippen molar-refractivity contribution >= 4 is 0 Å². The monoisotopic (exact) mass is 285 g/mol. The van der Waals surface area contributed by atoms with Crippen LogP contribution in [0.25, 0.3) is 0 Å². The zero-order chi connectivity index (χ0) is 15.1. The molecule has 1 N–H and O–H groups in total. The summed E-state index contributed by atoms with van der Waals surface area (Å²) in [5, 5.41) is 3.52. The molecule has 0 saturated carbocycles. The van der Waals surface area contributed by atoms with E-state index in [2.05, 4.69) is 59.9 Å². The normalized spacial score (nSPS) is 11.8. The van der Waals surface area contributed by atoms with Gasteiger partial charge in [-0.2, -0.15) is 0 Å². The summed E-state index contributed by atoms with van der Waals surface area (Å²) < 4.78 is 2.13. The van der Waals surface area contributed by atoms with Crippen LogP contribution in [0.3, 0.4) is 0 Å². The van der Waals surface area contributed by atoms with Gasteiger partial charge in [0.15, 0.2) is 0 Å². The fourth-order valence-corrected chi connectivity index (χ4v) is 2.32. The summed E-state index contributed by atoms with van der Waals surface area (Å²) in [7, 11) is 0. The van der Waals surface area contributed by atoms with E-state index in [9.17, 15) is 0 Å². The molecule has 3 nitrogen and oxygen atoms in total. The Morgan fingerprint density at radius 3 is 2.48 bits per heavy atom. The Balaban J connectivity index is 1.62. The molecule has 1 aromatic heterocycles. The first-order valence-electron chi connectivity index (χ1n) is 7.81. The molecule has 114 valence electrons. The van der Waals surface area contributed by atoms with Gasteiger partial charge in [-0.3, -0.25) is 0 Å². The Labute approximate surface area is 128 Å². The van der Waals surface area contributed by atoms with E-state index in [0.29, 0.717) is 0 Å². The Morgan fingerprint density at radius 1 is 1.10 bits per heavy atom. The van der Waals surface area contributed by atoms with E-state index in [1.807, 2.05) is 18.7 Å². The first kappa shape index (κ1) is 15.8. The lowest BCUT2D eigenvalue weighted by Gasteiger charge is -2.19. The molecule has 0 radical (unpaired) electrons. The predicted octanol–water partition coefficient (Wildman–Crippen LogP) is 3.75. The van der Waals surface area contributed by atoms with Gasteiger partial charge in [0.1, 0.15) is 0 Å². The SMILES string of the molecule is CC(C)(C)c1ccc(CNCCCCn2ccnc2)cc1. The van der Waals surface area contributed by atoms with Crippen LogP contribution in [-0.2, 0) is 18.5 Å². The molecule has 0 fully saturated rings. The number of benzene rings is 1. The summed E-state index contributed by atoms with van der Waals surface area (Å²) in [6, 6.07) is 8.96. The standard InChI is InChI=1S/C18H27N3/c1-18(2,3)17-8-6-16(7-9-17)14-19-10-4-5-12-21-13-11-20-15-21/h6-9,11,13,15,19H,4-5,10,12,14H2,1-3H3. The van der Waals surface area contributed by atoms with Crippen molar-refractivity contribution in [3.8, 4) is 0 Å². The predicted molar refractivity (Wildman–Crippen MR) is 88.3 cm³/mol. The van der Waals surface area contributed by atoms with Crippen molar-refractivity contribution < 1.29 is 0 Å². The molecule has 1 heterocycles. The van der Waals surface area contributed by atoms with Crippen LogP contribution in [-0.4, -0.2) is 16.1 Å². The van der Waals surface area contributed by atoms with Gasteiger partial charge in [-0.1, -0.05) is 45.0 Å². The van der Waals surface area contributed by atoms with E-state index in [-0.39, 0.29) is 5.41 Å². The van der Waals surface area contributed by atoms with Gasteiger partial charge in [0, 0.05) is 25.5 Å². The van der Waals surface area contributed by atoms with E-state index >= 15 is 0 Å². The third kappa shape index (κ3) is 5.35. The molecule has 0 unspecified atom stereocenters. The van der Waals surface area contributed by atoms with Crippen LogP contribution in [0.4, 0.5) is 0 Å². The molecule has 0 aliphatic carbocycles. The van der Waals surface area contributed by atoms with Crippen molar-refractivity contribution in [2.75, 3.05) is 6.54 Å². The molecule has 21 heavy (non-hydrogen) atoms. The van der Waals surface area contributed by atoms with Gasteiger partial charge < -0.3 is 9.88 Å². The number of hydrogen-bond donors (Lipinski definition) is 1. The lowest BCUT2D eigenvalue weighted by Crippen LogP contribution is -2.16. The molecule has 0 aliphatic rings. The highest BCUT2D eigenvalue weighted by Gasteiger charge is 2.12. The highest BCUT2D eigenvalue weighted by atomic mass is 15.0. The van der Waals surface area contributed by atoms with Crippen LogP contribution in [0.5, 0.6) is 0 Å². The summed E-state index contributed by atoms with van der Waals surface area (Å²) in [5.41, 5.74) is 2.99. The highest BCUT2D eigenvalue weighted by molar-refractivity contribution is 5.27. The van der Waals surface area contributed by atoms with Gasteiger partial charge in [-0.25, -0.2) is 4.98 Å². The van der Waals surface area contributed by atoms with Gasteiger partial charge in [-0.15, -0.1) is 0 Å². The van der Waals surface area contributed by atoms with E-state index in [4.69, 9.17) is 0 Å². The van der Waals surface area contributed by atoms with Crippen LogP contribution in [0.1, 0.15) is 44.7 Å². The molecule has 2 aromatic rings. The molecule has 1 aromatic carbocycles. The Bertz CT molecular complexity index is 506. The fraction of sp³-hybridized carbons (Fsp3) is 0.500. The van der Waals surface area contributed by atoms with Crippen molar-refractivity contribution in [3.05, 3.63) is 54.1 Å². The molecule has 0 bridgehead atoms. The third-order valence-electron chi connectivity index (χ3n) is 3.73. The maximum absolute atomic E-state index is 4.05. The molecule has 0 aliphatic heterocycles. The van der Waals surface area contributed by atoms with Crippen molar-refractivity contribution in [3.63, 3.8) is 0 Å². The number of unbranched alkanes of at least 4 members (excludes halogenated alkanes) is 1. The number of rotatable bonds is 7. The van der Waals surface area contributed by atoms with Crippen molar-refractivity contribution in [1.29, 1.82) is 0 Å². The lowest BCUT2D eigenvalue weighted by atomic mass is 9.87. The minimum Gasteiger partial charge on any atom is -0.337 e. The summed E-state index contributed by atoms with van der Waals surface area (Å²) in [6.45, 7) is 9.83. The second-order valence-electron chi connectivity index (χ2n) is 6.63. The largest absolute Gasteiger partial charge is 0.337 e. The molecule has 0 amide bonds. The minimum absolute atomic E-state index is 0.235. The third-order valence-corrected chi connectivity index (χ3v) is 3.73. The van der Waals surface area contributed by atoms with Crippen LogP contribution in [0, 0.1) is 0 Å². The van der Waals surface area contributed by atoms with Gasteiger partial charge >= 0.3 is 0 Å². The number of hydrogen-bond acceptors (Lipinski definition) is 2. The second-order valence-corrected chi connectivity index (χ2v) is 6.63. The van der Waals surface area contributed by atoms with Crippen LogP contribution in [0.2, 0.25) is 0 Å². The average molecular weight is 285 g/mol. The lowest BCUT2D eigenvalue weighted by molar-refractivity contribution is 0.567. The van der Waals surface area contributed by atoms with E-state index in [1.54, 1.807) is 0 Å². The number of imidazole rings is 1. The maximum Gasteiger partial charge on any atom is 0.0945 e. The van der Waals surface area contributed by atoms with Gasteiger partial charge in [0.05, 0.1) is 6.33 Å². The first-order valence-corrected chi connectivity index (χ1v) is 7.81. The number of nitrogens with one attached hydrogen (secondary N) is 1. The average Bonchev–Trinajstić information content (AvgIpc) is 2.95. The van der Waals surface area contributed by atoms with Gasteiger partial charge in [0.2, 0.25) is 0 Å². The van der Waals surface area contributed by atoms with E-state index in [0.717, 1.165) is 19.6 Å². The van der Waals surface area contributed by atoms with Crippen molar-refractivity contribution in [2.45, 2.75) is 52.1 Å². The fourth-order valence-electron chi connectivity index (χ4n) is 2.32. The molecule has 0 saturated heterocycles. The zero-order valence-electron chi connectivity index (χ0n) is 13.5. The van der Waals surface area contributed by atoms with E-state index < -0.39 is 0 Å². The molecular formula is C18H27N3. The molecule has 2 rings (SSSR count). The van der Waals surface area contributed by atoms with Crippen LogP contribution < -0.4 is 5.32 Å². The maximum atomic E-state index is 4.05. The molecule has 0 spiro atoms. The molecule has 0 atom stereocenters. The Hall–Kier alpha value is -1.61. The van der Waals surface area contributed by atoms with Crippen molar-refractivity contribution in [1.82, 2.24) is 14.9 Å². The Morgan fingerprint density at radius 2 is 1.86 bits per heavy atom. The van der Waals surface area contributed by atoms with Gasteiger partial charge in [-0.05, 0) is 35.9 Å². The second kappa shape index (κ2) is 7.41. The zero-order valence-corrected chi connectivity index (χ0v) is 13.5. The number of aromatic nitrogens is 2. The van der Waals surface area contributed by atoms with E-state index in [1.165, 1.54) is 24.0 Å². The summed E-state index contributed by atoms with van der Waals surface area (Å²) in [6.07, 6.45) is 8.11. The topological polar surface area (TPSA) is 29.9 Å². The van der Waals surface area contributed by atoms with Crippen LogP contribution >= 0.6 is 0 Å². The van der Waals surface area contributed by atoms with Gasteiger partial charge in [0.25, 0.3) is 0 Å². The summed E-state index contributed by atoms with van der Waals surface area (Å²) >= 11 is 0. The number of aryl methyl sites for hydroxylation is 1. The summed E-state index contributed by atoms with van der Waals surface area (Å²) in [5.74, 6) is 0. The molecule has 3 heteroatoms. The molecular weight excluding hydrogens is 258 g/mol. The summed E-state index contributed by atoms with van der Waals surface area (Å²) in [4.78, 5) is 4.05. The quantitative estimate of drug-likeness (QED) is 0.785. The highest BCUT2D eigenvalue weighted by Crippen LogP contribution is 2.22. The number of nitrogens with zero attached hydrogens (tertiary/aromatic N) is 2.